The van der Waals surface area contributed by atoms with E-state index in [1.807, 2.05) is 0 Å². The first-order valence-electron chi connectivity index (χ1n) is 8.54. The first-order valence-corrected chi connectivity index (χ1v) is 9.36. The lowest BCUT2D eigenvalue weighted by atomic mass is 9.93. The molecule has 7 heteroatoms. The van der Waals surface area contributed by atoms with Crippen LogP contribution in [0, 0.1) is 5.92 Å². The highest BCUT2D eigenvalue weighted by Gasteiger charge is 2.20. The maximum absolute atomic E-state index is 12.0. The molecule has 0 unspecified atom stereocenters. The van der Waals surface area contributed by atoms with E-state index >= 15 is 0 Å². The van der Waals surface area contributed by atoms with Crippen LogP contribution < -0.4 is 10.6 Å². The van der Waals surface area contributed by atoms with Gasteiger partial charge in [-0.2, -0.15) is 0 Å². The van der Waals surface area contributed by atoms with Crippen molar-refractivity contribution in [2.24, 2.45) is 5.92 Å². The predicted molar refractivity (Wildman–Crippen MR) is 92.2 cm³/mol. The normalized spacial score (nSPS) is 21.7. The molecule has 1 fully saturated rings. The molecule has 0 spiro atoms. The van der Waals surface area contributed by atoms with E-state index in [-0.39, 0.29) is 6.03 Å². The fourth-order valence-corrected chi connectivity index (χ4v) is 4.23. The molecule has 1 aromatic heterocycles. The van der Waals surface area contributed by atoms with E-state index in [0.717, 1.165) is 63.2 Å². The summed E-state index contributed by atoms with van der Waals surface area (Å²) < 4.78 is 5.32. The van der Waals surface area contributed by atoms with E-state index in [4.69, 9.17) is 4.74 Å². The highest BCUT2D eigenvalue weighted by molar-refractivity contribution is 7.15. The van der Waals surface area contributed by atoms with Crippen molar-refractivity contribution in [2.45, 2.75) is 32.6 Å². The average molecular weight is 338 g/mol. The molecule has 2 amide bonds. The van der Waals surface area contributed by atoms with Crippen LogP contribution in [-0.2, 0) is 17.6 Å². The molecule has 1 atom stereocenters. The Bertz CT molecular complexity index is 528. The second-order valence-corrected chi connectivity index (χ2v) is 7.51. The first-order chi connectivity index (χ1) is 11.2. The van der Waals surface area contributed by atoms with Gasteiger partial charge in [0.2, 0.25) is 0 Å². The smallest absolute Gasteiger partial charge is 0.321 e. The van der Waals surface area contributed by atoms with Gasteiger partial charge in [-0.1, -0.05) is 6.92 Å². The predicted octanol–water partition coefficient (Wildman–Crippen LogP) is 2.11. The van der Waals surface area contributed by atoms with Crippen molar-refractivity contribution in [2.75, 3.05) is 44.7 Å². The zero-order valence-corrected chi connectivity index (χ0v) is 14.6. The maximum atomic E-state index is 12.0. The molecule has 0 saturated carbocycles. The number of thiazole rings is 1. The van der Waals surface area contributed by atoms with Crippen LogP contribution in [0.3, 0.4) is 0 Å². The molecule has 23 heavy (non-hydrogen) atoms. The highest BCUT2D eigenvalue weighted by Crippen LogP contribution is 2.31. The molecular formula is C16H26N4O2S. The molecule has 0 radical (unpaired) electrons. The van der Waals surface area contributed by atoms with Gasteiger partial charge in [0.1, 0.15) is 0 Å². The van der Waals surface area contributed by atoms with Crippen molar-refractivity contribution in [3.05, 3.63) is 10.6 Å². The molecule has 2 aliphatic rings. The van der Waals surface area contributed by atoms with Crippen molar-refractivity contribution in [1.29, 1.82) is 0 Å². The van der Waals surface area contributed by atoms with E-state index in [1.165, 1.54) is 17.0 Å². The van der Waals surface area contributed by atoms with Crippen LogP contribution in [0.1, 0.15) is 30.3 Å². The SMILES string of the molecule is C[C@@H]1CCc2nc(NC(=O)NCCCN3CCOCC3)sc2C1. The second kappa shape index (κ2) is 8.08. The summed E-state index contributed by atoms with van der Waals surface area (Å²) in [5.74, 6) is 0.727. The monoisotopic (exact) mass is 338 g/mol. The molecule has 2 heterocycles. The van der Waals surface area contributed by atoms with Crippen LogP contribution in [0.2, 0.25) is 0 Å². The largest absolute Gasteiger partial charge is 0.379 e. The number of rotatable bonds is 5. The van der Waals surface area contributed by atoms with Gasteiger partial charge in [-0.25, -0.2) is 9.78 Å². The molecule has 1 aliphatic heterocycles. The Balaban J connectivity index is 1.36. The van der Waals surface area contributed by atoms with Crippen molar-refractivity contribution in [1.82, 2.24) is 15.2 Å². The molecule has 0 bridgehead atoms. The average Bonchev–Trinajstić information content (AvgIpc) is 2.94. The quantitative estimate of drug-likeness (QED) is 0.807. The summed E-state index contributed by atoms with van der Waals surface area (Å²) in [5, 5.41) is 6.53. The highest BCUT2D eigenvalue weighted by atomic mass is 32.1. The van der Waals surface area contributed by atoms with Gasteiger partial charge in [0.15, 0.2) is 5.13 Å². The van der Waals surface area contributed by atoms with E-state index in [2.05, 4.69) is 27.4 Å². The summed E-state index contributed by atoms with van der Waals surface area (Å²) in [6, 6.07) is -0.147. The van der Waals surface area contributed by atoms with Crippen LogP contribution in [0.4, 0.5) is 9.93 Å². The number of amides is 2. The Morgan fingerprint density at radius 3 is 3.09 bits per heavy atom. The number of nitrogens with one attached hydrogen (secondary N) is 2. The van der Waals surface area contributed by atoms with Crippen LogP contribution in [0.25, 0.3) is 0 Å². The molecule has 1 saturated heterocycles. The van der Waals surface area contributed by atoms with Crippen molar-refractivity contribution in [3.63, 3.8) is 0 Å². The lowest BCUT2D eigenvalue weighted by Crippen LogP contribution is -2.38. The lowest BCUT2D eigenvalue weighted by Gasteiger charge is -2.26. The Morgan fingerprint density at radius 2 is 2.26 bits per heavy atom. The Kier molecular flexibility index (Phi) is 5.85. The topological polar surface area (TPSA) is 66.5 Å². The number of nitrogens with zero attached hydrogens (tertiary/aromatic N) is 2. The fraction of sp³-hybridized carbons (Fsp3) is 0.750. The number of morpholine rings is 1. The summed E-state index contributed by atoms with van der Waals surface area (Å²) in [6.45, 7) is 7.60. The van der Waals surface area contributed by atoms with E-state index in [0.29, 0.717) is 6.54 Å². The van der Waals surface area contributed by atoms with Gasteiger partial charge in [-0.05, 0) is 38.1 Å². The molecule has 1 aromatic rings. The van der Waals surface area contributed by atoms with Gasteiger partial charge in [0.25, 0.3) is 0 Å². The third-order valence-electron chi connectivity index (χ3n) is 4.45. The van der Waals surface area contributed by atoms with E-state index < -0.39 is 0 Å². The molecule has 2 N–H and O–H groups in total. The second-order valence-electron chi connectivity index (χ2n) is 6.43. The molecule has 1 aliphatic carbocycles. The zero-order valence-electron chi connectivity index (χ0n) is 13.8. The van der Waals surface area contributed by atoms with Crippen LogP contribution in [0.5, 0.6) is 0 Å². The number of hydrogen-bond donors (Lipinski definition) is 2. The Morgan fingerprint density at radius 1 is 1.43 bits per heavy atom. The number of ether oxygens (including phenoxy) is 1. The van der Waals surface area contributed by atoms with Crippen LogP contribution in [-0.4, -0.2) is 55.3 Å². The lowest BCUT2D eigenvalue weighted by molar-refractivity contribution is 0.0375. The van der Waals surface area contributed by atoms with E-state index in [9.17, 15) is 4.79 Å². The van der Waals surface area contributed by atoms with Crippen molar-refractivity contribution < 1.29 is 9.53 Å². The van der Waals surface area contributed by atoms with Crippen LogP contribution >= 0.6 is 11.3 Å². The molecule has 6 nitrogen and oxygen atoms in total. The number of aryl methyl sites for hydroxylation is 1. The standard InChI is InChI=1S/C16H26N4O2S/c1-12-3-4-13-14(11-12)23-16(18-13)19-15(21)17-5-2-6-20-7-9-22-10-8-20/h12H,2-11H2,1H3,(H2,17,18,19,21)/t12-/m1/s1. The molecule has 128 valence electrons. The van der Waals surface area contributed by atoms with Gasteiger partial charge in [-0.15, -0.1) is 11.3 Å². The number of carbonyl (C=O) groups is 1. The van der Waals surface area contributed by atoms with Crippen molar-refractivity contribution >= 4 is 22.5 Å². The Hall–Kier alpha value is -1.18. The number of hydrogen-bond acceptors (Lipinski definition) is 5. The number of urea groups is 1. The third-order valence-corrected chi connectivity index (χ3v) is 5.48. The molecule has 0 aromatic carbocycles. The molecular weight excluding hydrogens is 312 g/mol. The number of anilines is 1. The van der Waals surface area contributed by atoms with Gasteiger partial charge in [0, 0.05) is 24.5 Å². The van der Waals surface area contributed by atoms with Crippen LogP contribution in [0.15, 0.2) is 0 Å². The number of aromatic nitrogens is 1. The van der Waals surface area contributed by atoms with E-state index in [1.54, 1.807) is 11.3 Å². The van der Waals surface area contributed by atoms with Gasteiger partial charge >= 0.3 is 6.03 Å². The summed E-state index contributed by atoms with van der Waals surface area (Å²) in [4.78, 5) is 20.2. The van der Waals surface area contributed by atoms with Gasteiger partial charge in [-0.3, -0.25) is 10.2 Å². The number of carbonyl (C=O) groups excluding carboxylic acids is 1. The number of fused-ring (bicyclic) bond motifs is 1. The molecule has 3 rings (SSSR count). The third kappa shape index (κ3) is 4.89. The summed E-state index contributed by atoms with van der Waals surface area (Å²) in [7, 11) is 0. The fourth-order valence-electron chi connectivity index (χ4n) is 3.06. The summed E-state index contributed by atoms with van der Waals surface area (Å²) >= 11 is 1.62. The minimum atomic E-state index is -0.147. The van der Waals surface area contributed by atoms with Crippen molar-refractivity contribution in [3.8, 4) is 0 Å². The van der Waals surface area contributed by atoms with Gasteiger partial charge < -0.3 is 10.1 Å². The first kappa shape index (κ1) is 16.7. The zero-order chi connectivity index (χ0) is 16.1. The minimum Gasteiger partial charge on any atom is -0.379 e. The minimum absolute atomic E-state index is 0.147. The summed E-state index contributed by atoms with van der Waals surface area (Å²) in [6.07, 6.45) is 4.29. The summed E-state index contributed by atoms with van der Waals surface area (Å²) in [5.41, 5.74) is 1.18. The van der Waals surface area contributed by atoms with Gasteiger partial charge in [0.05, 0.1) is 18.9 Å². The Labute approximate surface area is 141 Å². The maximum Gasteiger partial charge on any atom is 0.321 e.